The Morgan fingerprint density at radius 1 is 0.884 bits per heavy atom. The third-order valence-electron chi connectivity index (χ3n) is 8.35. The van der Waals surface area contributed by atoms with Gasteiger partial charge in [0.15, 0.2) is 12.1 Å². The zero-order valence-corrected chi connectivity index (χ0v) is 22.9. The highest BCUT2D eigenvalue weighted by molar-refractivity contribution is 6.25. The number of amides is 3. The lowest BCUT2D eigenvalue weighted by atomic mass is 9.77. The Kier molecular flexibility index (Phi) is 6.64. The Bertz CT molecular complexity index is 1690. The van der Waals surface area contributed by atoms with Crippen LogP contribution in [0.4, 0.5) is 14.5 Å². The molecule has 0 bridgehead atoms. The van der Waals surface area contributed by atoms with Crippen LogP contribution in [0.5, 0.6) is 0 Å². The van der Waals surface area contributed by atoms with Gasteiger partial charge in [0.25, 0.3) is 17.7 Å². The van der Waals surface area contributed by atoms with Gasteiger partial charge in [0.1, 0.15) is 18.2 Å². The number of hydrogen-bond acceptors (Lipinski definition) is 7. The number of nitrogens with zero attached hydrogens (tertiary/aromatic N) is 6. The Morgan fingerprint density at radius 2 is 1.58 bits per heavy atom. The third-order valence-corrected chi connectivity index (χ3v) is 8.35. The van der Waals surface area contributed by atoms with Crippen molar-refractivity contribution in [2.45, 2.75) is 37.4 Å². The van der Waals surface area contributed by atoms with Crippen LogP contribution in [0.25, 0.3) is 6.08 Å². The minimum atomic E-state index is -1.04. The number of allylic oxidation sites excluding steroid dienone is 1. The van der Waals surface area contributed by atoms with Gasteiger partial charge in [-0.3, -0.25) is 19.4 Å². The van der Waals surface area contributed by atoms with Crippen LogP contribution in [0, 0.1) is 17.6 Å². The molecule has 0 N–H and O–H groups in total. The van der Waals surface area contributed by atoms with Crippen molar-refractivity contribution in [2.75, 3.05) is 11.4 Å². The molecular formula is C32H26F2N6O3. The highest BCUT2D eigenvalue weighted by atomic mass is 19.1. The zero-order chi connectivity index (χ0) is 29.7. The molecule has 0 unspecified atom stereocenters. The number of fused-ring (bicyclic) bond motifs is 2. The molecule has 3 aromatic carbocycles. The second-order valence-electron chi connectivity index (χ2n) is 11.0. The molecule has 2 fully saturated rings. The molecule has 9 nitrogen and oxygen atoms in total. The maximum absolute atomic E-state index is 14.0. The maximum Gasteiger partial charge on any atom is 0.264 e. The van der Waals surface area contributed by atoms with Crippen molar-refractivity contribution in [3.8, 4) is 0 Å². The molecule has 1 saturated carbocycles. The van der Waals surface area contributed by atoms with Gasteiger partial charge in [-0.1, -0.05) is 47.7 Å². The lowest BCUT2D eigenvalue weighted by Crippen LogP contribution is -2.45. The summed E-state index contributed by atoms with van der Waals surface area (Å²) in [4.78, 5) is 41.5. The molecule has 0 radical (unpaired) electrons. The summed E-state index contributed by atoms with van der Waals surface area (Å²) in [5, 5.41) is 15.6. The Balaban J connectivity index is 1.19. The van der Waals surface area contributed by atoms with E-state index in [4.69, 9.17) is 5.10 Å². The van der Waals surface area contributed by atoms with Crippen molar-refractivity contribution < 1.29 is 23.2 Å². The number of hydrogen-bond donors (Lipinski definition) is 0. The van der Waals surface area contributed by atoms with Crippen LogP contribution in [-0.4, -0.2) is 52.1 Å². The van der Waals surface area contributed by atoms with E-state index >= 15 is 0 Å². The van der Waals surface area contributed by atoms with E-state index in [-0.39, 0.29) is 18.3 Å². The molecule has 11 heteroatoms. The van der Waals surface area contributed by atoms with E-state index in [0.29, 0.717) is 5.69 Å². The van der Waals surface area contributed by atoms with Crippen LogP contribution in [0.15, 0.2) is 99.9 Å². The average Bonchev–Trinajstić information content (AvgIpc) is 3.68. The summed E-state index contributed by atoms with van der Waals surface area (Å²) in [5.74, 6) is -2.29. The van der Waals surface area contributed by atoms with E-state index in [9.17, 15) is 23.2 Å². The summed E-state index contributed by atoms with van der Waals surface area (Å²) in [6.45, 7) is -0.329. The minimum Gasteiger partial charge on any atom is -0.271 e. The average molecular weight is 581 g/mol. The molecule has 4 aliphatic rings. The number of benzene rings is 3. The first kappa shape index (κ1) is 26.8. The van der Waals surface area contributed by atoms with Crippen LogP contribution < -0.4 is 4.90 Å². The predicted molar refractivity (Wildman–Crippen MR) is 153 cm³/mol. The molecule has 4 atom stereocenters. The molecule has 0 spiro atoms. The summed E-state index contributed by atoms with van der Waals surface area (Å²) in [5.41, 5.74) is 3.67. The van der Waals surface area contributed by atoms with Gasteiger partial charge in [-0.05, 0) is 78.4 Å². The van der Waals surface area contributed by atoms with Crippen LogP contribution in [0.3, 0.4) is 0 Å². The largest absolute Gasteiger partial charge is 0.271 e. The van der Waals surface area contributed by atoms with Crippen molar-refractivity contribution in [1.29, 1.82) is 0 Å². The van der Waals surface area contributed by atoms with Crippen LogP contribution in [-0.2, 0) is 14.4 Å². The summed E-state index contributed by atoms with van der Waals surface area (Å²) < 4.78 is 27.4. The second kappa shape index (κ2) is 10.6. The van der Waals surface area contributed by atoms with E-state index in [1.165, 1.54) is 34.3 Å². The number of rotatable bonds is 5. The monoisotopic (exact) mass is 580 g/mol. The molecule has 3 heterocycles. The molecule has 3 amide bonds. The molecule has 0 aromatic heterocycles. The van der Waals surface area contributed by atoms with E-state index < -0.39 is 41.7 Å². The molecule has 216 valence electrons. The van der Waals surface area contributed by atoms with E-state index in [2.05, 4.69) is 10.3 Å². The number of anilines is 1. The first-order chi connectivity index (χ1) is 20.9. The van der Waals surface area contributed by atoms with Gasteiger partial charge in [0, 0.05) is 5.92 Å². The maximum atomic E-state index is 14.0. The van der Waals surface area contributed by atoms with Gasteiger partial charge in [-0.2, -0.15) is 10.2 Å². The van der Waals surface area contributed by atoms with Gasteiger partial charge in [0.05, 0.1) is 17.4 Å². The summed E-state index contributed by atoms with van der Waals surface area (Å²) in [6.07, 6.45) is 4.31. The predicted octanol–water partition coefficient (Wildman–Crippen LogP) is 5.08. The van der Waals surface area contributed by atoms with E-state index in [1.807, 2.05) is 6.08 Å². The second-order valence-corrected chi connectivity index (χ2v) is 11.0. The molecule has 7 rings (SSSR count). The van der Waals surface area contributed by atoms with E-state index in [0.717, 1.165) is 46.6 Å². The Morgan fingerprint density at radius 3 is 2.30 bits per heavy atom. The molecule has 3 aromatic rings. The van der Waals surface area contributed by atoms with Gasteiger partial charge in [0.2, 0.25) is 0 Å². The van der Waals surface area contributed by atoms with Crippen molar-refractivity contribution in [3.63, 3.8) is 0 Å². The summed E-state index contributed by atoms with van der Waals surface area (Å²) >= 11 is 0. The SMILES string of the molecule is O=C1[C@@H]2N=NN(CC(=O)N3N=C4/C(=C\c5ccc(F)cc5)CCC[C@@H]4[C@@H]3c3ccc(F)cc3)[C@H]2C(=O)N1c1ccccc1. The first-order valence-corrected chi connectivity index (χ1v) is 14.1. The van der Waals surface area contributed by atoms with Crippen molar-refractivity contribution >= 4 is 35.2 Å². The van der Waals surface area contributed by atoms with Gasteiger partial charge >= 0.3 is 0 Å². The van der Waals surface area contributed by atoms with Crippen molar-refractivity contribution in [2.24, 2.45) is 21.4 Å². The molecular weight excluding hydrogens is 554 g/mol. The highest BCUT2D eigenvalue weighted by Gasteiger charge is 2.55. The van der Waals surface area contributed by atoms with Crippen molar-refractivity contribution in [3.05, 3.63) is 107 Å². The summed E-state index contributed by atoms with van der Waals surface area (Å²) in [7, 11) is 0. The normalized spacial score (nSPS) is 25.4. The number of para-hydroxylation sites is 1. The Labute approximate surface area is 245 Å². The fourth-order valence-electron chi connectivity index (χ4n) is 6.36. The number of imide groups is 1. The fourth-order valence-corrected chi connectivity index (χ4v) is 6.36. The van der Waals surface area contributed by atoms with E-state index in [1.54, 1.807) is 54.6 Å². The number of halogens is 2. The van der Waals surface area contributed by atoms with Crippen molar-refractivity contribution in [1.82, 2.24) is 10.0 Å². The molecule has 3 aliphatic heterocycles. The third kappa shape index (κ3) is 4.70. The van der Waals surface area contributed by atoms with Crippen LogP contribution >= 0.6 is 0 Å². The number of hydrazone groups is 1. The minimum absolute atomic E-state index is 0.147. The van der Waals surface area contributed by atoms with Gasteiger partial charge < -0.3 is 0 Å². The van der Waals surface area contributed by atoms with Gasteiger partial charge in [-0.25, -0.2) is 18.7 Å². The zero-order valence-electron chi connectivity index (χ0n) is 22.9. The van der Waals surface area contributed by atoms with Gasteiger partial charge in [-0.15, -0.1) is 0 Å². The Hall–Kier alpha value is -5.06. The highest BCUT2D eigenvalue weighted by Crippen LogP contribution is 2.45. The molecule has 1 saturated heterocycles. The standard InChI is InChI=1S/C32H26F2N6O3/c33-22-13-9-19(10-14-22)17-21-5-4-8-25-27(21)36-40(29(25)20-11-15-23(34)16-12-20)26(41)18-38-30-28(35-37-38)31(42)39(32(30)43)24-6-2-1-3-7-24/h1-3,6-7,9-17,25,28-30H,4-5,8,18H2/b21-17-/t25-,28+,29-,30+/m0/s1. The van der Waals surface area contributed by atoms with Crippen LogP contribution in [0.2, 0.25) is 0 Å². The smallest absolute Gasteiger partial charge is 0.264 e. The molecule has 1 aliphatic carbocycles. The fraction of sp³-hybridized carbons (Fsp3) is 0.250. The number of carbonyl (C=O) groups is 3. The first-order valence-electron chi connectivity index (χ1n) is 14.1. The topological polar surface area (TPSA) is 98.0 Å². The summed E-state index contributed by atoms with van der Waals surface area (Å²) in [6, 6.07) is 18.2. The van der Waals surface area contributed by atoms with Crippen LogP contribution in [0.1, 0.15) is 36.4 Å². The molecule has 43 heavy (non-hydrogen) atoms. The quantitative estimate of drug-likeness (QED) is 0.393. The number of carbonyl (C=O) groups excluding carboxylic acids is 3. The lowest BCUT2D eigenvalue weighted by Gasteiger charge is -2.30. The lowest BCUT2D eigenvalue weighted by molar-refractivity contribution is -0.136.